The second-order valence-electron chi connectivity index (χ2n) is 7.16. The Bertz CT molecular complexity index is 878. The smallest absolute Gasteiger partial charge is 0.230 e. The minimum atomic E-state index is 0.351. The van der Waals surface area contributed by atoms with Crippen LogP contribution in [0.15, 0.2) is 70.0 Å². The van der Waals surface area contributed by atoms with E-state index in [-0.39, 0.29) is 0 Å². The van der Waals surface area contributed by atoms with Crippen molar-refractivity contribution in [2.75, 3.05) is 33.9 Å². The Morgan fingerprint density at radius 2 is 1.71 bits per heavy atom. The Kier molecular flexibility index (Phi) is 6.77. The van der Waals surface area contributed by atoms with Crippen LogP contribution in [0.4, 0.5) is 11.4 Å². The van der Waals surface area contributed by atoms with Gasteiger partial charge in [0.2, 0.25) is 5.90 Å². The zero-order valence-corrected chi connectivity index (χ0v) is 16.3. The van der Waals surface area contributed by atoms with Gasteiger partial charge in [-0.05, 0) is 30.2 Å². The molecule has 0 saturated heterocycles. The van der Waals surface area contributed by atoms with Gasteiger partial charge in [-0.2, -0.15) is 10.2 Å². The molecule has 0 radical (unpaired) electrons. The molecule has 0 unspecified atom stereocenters. The van der Waals surface area contributed by atoms with Crippen molar-refractivity contribution >= 4 is 17.3 Å². The standard InChI is InChI=1S/C22H25N4O2/c1-26(2,15-6-7-16-27-22-14-17-28-25-22)18-19-10-12-21(13-11-19)24-23-20-8-4-3-5-9-20/h3-5,8-13H,14-18H2,1-2H3/q+1. The Morgan fingerprint density at radius 3 is 2.39 bits per heavy atom. The molecule has 0 aromatic heterocycles. The zero-order valence-electron chi connectivity index (χ0n) is 16.3. The lowest BCUT2D eigenvalue weighted by atomic mass is 10.2. The number of hydrogen-bond acceptors (Lipinski definition) is 5. The summed E-state index contributed by atoms with van der Waals surface area (Å²) in [5, 5.41) is 12.3. The molecule has 0 amide bonds. The van der Waals surface area contributed by atoms with Crippen molar-refractivity contribution in [2.24, 2.45) is 15.4 Å². The van der Waals surface area contributed by atoms with Gasteiger partial charge in [0.25, 0.3) is 0 Å². The van der Waals surface area contributed by atoms with Crippen molar-refractivity contribution in [3.8, 4) is 11.8 Å². The maximum absolute atomic E-state index is 5.43. The van der Waals surface area contributed by atoms with Crippen LogP contribution < -0.4 is 0 Å². The zero-order chi connectivity index (χ0) is 19.7. The molecule has 1 aliphatic rings. The summed E-state index contributed by atoms with van der Waals surface area (Å²) in [6.45, 7) is 2.57. The van der Waals surface area contributed by atoms with Crippen LogP contribution in [0.1, 0.15) is 12.0 Å². The van der Waals surface area contributed by atoms with Crippen molar-refractivity contribution < 1.29 is 14.1 Å². The number of rotatable bonds is 6. The number of azo groups is 1. The van der Waals surface area contributed by atoms with Gasteiger partial charge < -0.3 is 14.1 Å². The Hall–Kier alpha value is -3.17. The highest BCUT2D eigenvalue weighted by atomic mass is 16.7. The largest absolute Gasteiger partial charge is 0.465 e. The second kappa shape index (κ2) is 9.67. The molecule has 6 nitrogen and oxygen atoms in total. The van der Waals surface area contributed by atoms with E-state index < -0.39 is 0 Å². The van der Waals surface area contributed by atoms with Crippen molar-refractivity contribution in [1.82, 2.24) is 0 Å². The average molecular weight is 377 g/mol. The van der Waals surface area contributed by atoms with E-state index in [1.54, 1.807) is 0 Å². The van der Waals surface area contributed by atoms with Crippen molar-refractivity contribution in [3.05, 3.63) is 60.2 Å². The normalized spacial score (nSPS) is 13.6. The topological polar surface area (TPSA) is 55.5 Å². The predicted octanol–water partition coefficient (Wildman–Crippen LogP) is 4.43. The van der Waals surface area contributed by atoms with Crippen molar-refractivity contribution in [1.29, 1.82) is 0 Å². The van der Waals surface area contributed by atoms with E-state index in [0.29, 0.717) is 19.1 Å². The van der Waals surface area contributed by atoms with Gasteiger partial charge >= 0.3 is 0 Å². The van der Waals surface area contributed by atoms with E-state index >= 15 is 0 Å². The molecule has 3 rings (SSSR count). The molecule has 0 aliphatic carbocycles. The molecule has 2 aromatic carbocycles. The summed E-state index contributed by atoms with van der Waals surface area (Å²) in [5.74, 6) is 6.86. The van der Waals surface area contributed by atoms with E-state index in [1.165, 1.54) is 5.56 Å². The summed E-state index contributed by atoms with van der Waals surface area (Å²) >= 11 is 0. The number of quaternary nitrogens is 1. The Labute approximate surface area is 166 Å². The highest BCUT2D eigenvalue weighted by molar-refractivity contribution is 5.76. The third kappa shape index (κ3) is 6.53. The molecule has 144 valence electrons. The summed E-state index contributed by atoms with van der Waals surface area (Å²) < 4.78 is 6.19. The monoisotopic (exact) mass is 377 g/mol. The van der Waals surface area contributed by atoms with E-state index in [9.17, 15) is 0 Å². The average Bonchev–Trinajstić information content (AvgIpc) is 3.21. The van der Waals surface area contributed by atoms with Crippen LogP contribution >= 0.6 is 0 Å². The number of nitrogens with zero attached hydrogens (tertiary/aromatic N) is 4. The fourth-order valence-electron chi connectivity index (χ4n) is 2.66. The Morgan fingerprint density at radius 1 is 1.00 bits per heavy atom. The summed E-state index contributed by atoms with van der Waals surface area (Å²) in [6.07, 6.45) is 0.726. The molecule has 0 atom stereocenters. The second-order valence-corrected chi connectivity index (χ2v) is 7.16. The van der Waals surface area contributed by atoms with Gasteiger partial charge in [0.15, 0.2) is 6.61 Å². The van der Waals surface area contributed by atoms with E-state index in [0.717, 1.165) is 35.4 Å². The van der Waals surface area contributed by atoms with Gasteiger partial charge in [-0.1, -0.05) is 41.4 Å². The van der Waals surface area contributed by atoms with Crippen LogP contribution in [0.5, 0.6) is 0 Å². The van der Waals surface area contributed by atoms with Gasteiger partial charge in [0.1, 0.15) is 19.7 Å². The number of ether oxygens (including phenoxy) is 1. The maximum atomic E-state index is 5.43. The first-order valence-electron chi connectivity index (χ1n) is 9.26. The van der Waals surface area contributed by atoms with E-state index in [1.807, 2.05) is 42.5 Å². The lowest BCUT2D eigenvalue weighted by Gasteiger charge is -2.27. The molecule has 2 aromatic rings. The minimum absolute atomic E-state index is 0.351. The summed E-state index contributed by atoms with van der Waals surface area (Å²) in [5.41, 5.74) is 2.92. The predicted molar refractivity (Wildman–Crippen MR) is 109 cm³/mol. The van der Waals surface area contributed by atoms with Crippen LogP contribution in [0.2, 0.25) is 0 Å². The van der Waals surface area contributed by atoms with Crippen LogP contribution in [0.25, 0.3) is 0 Å². The van der Waals surface area contributed by atoms with E-state index in [2.05, 4.69) is 53.5 Å². The lowest BCUT2D eigenvalue weighted by molar-refractivity contribution is -0.896. The summed E-state index contributed by atoms with van der Waals surface area (Å²) in [7, 11) is 4.32. The molecular weight excluding hydrogens is 352 g/mol. The lowest BCUT2D eigenvalue weighted by Crippen LogP contribution is -2.38. The number of oxime groups is 1. The first-order chi connectivity index (χ1) is 13.6. The molecular formula is C22H25N4O2+. The third-order valence-corrected chi connectivity index (χ3v) is 4.10. The maximum Gasteiger partial charge on any atom is 0.230 e. The third-order valence-electron chi connectivity index (χ3n) is 4.10. The van der Waals surface area contributed by atoms with Gasteiger partial charge in [-0.3, -0.25) is 0 Å². The SMILES string of the molecule is C[N+](C)(CC#CCOC1=NOCC1)Cc1ccc(N=Nc2ccccc2)cc1. The summed E-state index contributed by atoms with van der Waals surface area (Å²) in [4.78, 5) is 4.88. The van der Waals surface area contributed by atoms with Crippen LogP contribution in [0.3, 0.4) is 0 Å². The van der Waals surface area contributed by atoms with Crippen molar-refractivity contribution in [2.45, 2.75) is 13.0 Å². The minimum Gasteiger partial charge on any atom is -0.465 e. The van der Waals surface area contributed by atoms with Crippen molar-refractivity contribution in [3.63, 3.8) is 0 Å². The highest BCUT2D eigenvalue weighted by Gasteiger charge is 2.14. The van der Waals surface area contributed by atoms with Gasteiger partial charge in [0.05, 0.1) is 31.9 Å². The van der Waals surface area contributed by atoms with E-state index in [4.69, 9.17) is 9.57 Å². The molecule has 1 heterocycles. The van der Waals surface area contributed by atoms with Crippen LogP contribution in [-0.4, -0.2) is 44.2 Å². The van der Waals surface area contributed by atoms with Crippen LogP contribution in [0, 0.1) is 11.8 Å². The Balaban J connectivity index is 1.47. The summed E-state index contributed by atoms with van der Waals surface area (Å²) in [6, 6.07) is 17.9. The number of benzene rings is 2. The highest BCUT2D eigenvalue weighted by Crippen LogP contribution is 2.19. The van der Waals surface area contributed by atoms with Crippen LogP contribution in [-0.2, 0) is 16.1 Å². The molecule has 0 spiro atoms. The fourth-order valence-corrected chi connectivity index (χ4v) is 2.66. The fraction of sp³-hybridized carbons (Fsp3) is 0.318. The van der Waals surface area contributed by atoms with Gasteiger partial charge in [-0.15, -0.1) is 0 Å². The van der Waals surface area contributed by atoms with Gasteiger partial charge in [-0.25, -0.2) is 0 Å². The molecule has 0 saturated carbocycles. The molecule has 0 fully saturated rings. The first-order valence-corrected chi connectivity index (χ1v) is 9.26. The molecule has 28 heavy (non-hydrogen) atoms. The number of hydrogen-bond donors (Lipinski definition) is 0. The quantitative estimate of drug-likeness (QED) is 0.425. The molecule has 1 aliphatic heterocycles. The molecule has 0 bridgehead atoms. The molecule has 6 heteroatoms. The molecule has 0 N–H and O–H groups in total. The first kappa shape index (κ1) is 19.6. The van der Waals surface area contributed by atoms with Gasteiger partial charge in [0, 0.05) is 5.56 Å².